The molecule has 0 bridgehead atoms. The number of nitrogens with zero attached hydrogens (tertiary/aromatic N) is 3. The Bertz CT molecular complexity index is 671. The maximum Gasteiger partial charge on any atom is 0.274 e. The van der Waals surface area contributed by atoms with E-state index in [4.69, 9.17) is 0 Å². The summed E-state index contributed by atoms with van der Waals surface area (Å²) >= 11 is 0. The molecule has 0 aliphatic heterocycles. The summed E-state index contributed by atoms with van der Waals surface area (Å²) < 4.78 is 1.72. The van der Waals surface area contributed by atoms with E-state index >= 15 is 0 Å². The molecule has 1 amide bonds. The predicted molar refractivity (Wildman–Crippen MR) is 81.1 cm³/mol. The Labute approximate surface area is 124 Å². The third-order valence-electron chi connectivity index (χ3n) is 4.37. The van der Waals surface area contributed by atoms with Crippen LogP contribution in [0, 0.1) is 0 Å². The van der Waals surface area contributed by atoms with Crippen molar-refractivity contribution < 1.29 is 9.90 Å². The van der Waals surface area contributed by atoms with E-state index in [1.807, 2.05) is 31.3 Å². The van der Waals surface area contributed by atoms with E-state index in [9.17, 15) is 9.90 Å². The van der Waals surface area contributed by atoms with Crippen LogP contribution in [-0.2, 0) is 7.05 Å². The standard InChI is InChI=1S/C16H21N3O2/c1-18(11-16(21)9-5-6-10-16)15(20)14-12-7-3-4-8-13(12)19(2)17-14/h3-4,7-8,21H,5-6,9-11H2,1-2H3. The van der Waals surface area contributed by atoms with E-state index in [1.54, 1.807) is 16.6 Å². The number of aryl methyl sites for hydroxylation is 1. The molecule has 21 heavy (non-hydrogen) atoms. The molecule has 1 aromatic carbocycles. The largest absolute Gasteiger partial charge is 0.388 e. The Balaban J connectivity index is 1.86. The van der Waals surface area contributed by atoms with Gasteiger partial charge in [0, 0.05) is 26.0 Å². The Hall–Kier alpha value is -1.88. The molecule has 112 valence electrons. The van der Waals surface area contributed by atoms with Crippen LogP contribution >= 0.6 is 0 Å². The van der Waals surface area contributed by atoms with Crippen LogP contribution in [0.2, 0.25) is 0 Å². The minimum absolute atomic E-state index is 0.132. The fourth-order valence-electron chi connectivity index (χ4n) is 3.26. The second-order valence-corrected chi connectivity index (χ2v) is 6.08. The summed E-state index contributed by atoms with van der Waals surface area (Å²) in [5, 5.41) is 15.7. The number of amides is 1. The van der Waals surface area contributed by atoms with Crippen LogP contribution in [0.1, 0.15) is 36.2 Å². The fourth-order valence-corrected chi connectivity index (χ4v) is 3.26. The number of fused-ring (bicyclic) bond motifs is 1. The number of aliphatic hydroxyl groups is 1. The van der Waals surface area contributed by atoms with Crippen molar-refractivity contribution in [2.45, 2.75) is 31.3 Å². The smallest absolute Gasteiger partial charge is 0.274 e. The maximum absolute atomic E-state index is 12.6. The van der Waals surface area contributed by atoms with Gasteiger partial charge in [-0.1, -0.05) is 31.0 Å². The highest BCUT2D eigenvalue weighted by molar-refractivity contribution is 6.04. The molecular formula is C16H21N3O2. The van der Waals surface area contributed by atoms with Crippen LogP contribution in [0.3, 0.4) is 0 Å². The molecular weight excluding hydrogens is 266 g/mol. The number of carbonyl (C=O) groups is 1. The van der Waals surface area contributed by atoms with E-state index in [-0.39, 0.29) is 5.91 Å². The SMILES string of the molecule is CN(CC1(O)CCCC1)C(=O)c1nn(C)c2ccccc12. The number of likely N-dealkylation sites (N-methyl/N-ethyl adjacent to an activating group) is 1. The van der Waals surface area contributed by atoms with Crippen LogP contribution in [0.5, 0.6) is 0 Å². The highest BCUT2D eigenvalue weighted by atomic mass is 16.3. The molecule has 1 fully saturated rings. The maximum atomic E-state index is 12.6. The Morgan fingerprint density at radius 2 is 2.05 bits per heavy atom. The minimum Gasteiger partial charge on any atom is -0.388 e. The lowest BCUT2D eigenvalue weighted by Crippen LogP contribution is -2.42. The van der Waals surface area contributed by atoms with Gasteiger partial charge in [0.1, 0.15) is 0 Å². The topological polar surface area (TPSA) is 58.4 Å². The molecule has 1 heterocycles. The number of hydrogen-bond donors (Lipinski definition) is 1. The van der Waals surface area contributed by atoms with Crippen molar-refractivity contribution in [1.82, 2.24) is 14.7 Å². The van der Waals surface area contributed by atoms with Crippen LogP contribution < -0.4 is 0 Å². The van der Waals surface area contributed by atoms with Gasteiger partial charge in [0.25, 0.3) is 5.91 Å². The van der Waals surface area contributed by atoms with E-state index in [0.717, 1.165) is 36.6 Å². The molecule has 0 saturated heterocycles. The van der Waals surface area contributed by atoms with Gasteiger partial charge in [0.15, 0.2) is 5.69 Å². The van der Waals surface area contributed by atoms with Gasteiger partial charge in [0.2, 0.25) is 0 Å². The van der Waals surface area contributed by atoms with Crippen molar-refractivity contribution in [3.63, 3.8) is 0 Å². The van der Waals surface area contributed by atoms with E-state index in [0.29, 0.717) is 12.2 Å². The van der Waals surface area contributed by atoms with Gasteiger partial charge < -0.3 is 10.0 Å². The minimum atomic E-state index is -0.727. The summed E-state index contributed by atoms with van der Waals surface area (Å²) in [6.45, 7) is 0.372. The second kappa shape index (κ2) is 5.15. The fraction of sp³-hybridized carbons (Fsp3) is 0.500. The summed E-state index contributed by atoms with van der Waals surface area (Å²) in [5.74, 6) is -0.132. The summed E-state index contributed by atoms with van der Waals surface area (Å²) in [7, 11) is 3.58. The Morgan fingerprint density at radius 1 is 1.38 bits per heavy atom. The lowest BCUT2D eigenvalue weighted by Gasteiger charge is -2.28. The zero-order valence-corrected chi connectivity index (χ0v) is 12.5. The first-order chi connectivity index (χ1) is 10.0. The van der Waals surface area contributed by atoms with Gasteiger partial charge in [-0.15, -0.1) is 0 Å². The van der Waals surface area contributed by atoms with Gasteiger partial charge in [0.05, 0.1) is 11.1 Å². The number of carbonyl (C=O) groups excluding carboxylic acids is 1. The molecule has 1 N–H and O–H groups in total. The van der Waals surface area contributed by atoms with Crippen molar-refractivity contribution in [3.8, 4) is 0 Å². The number of para-hydroxylation sites is 1. The van der Waals surface area contributed by atoms with Crippen molar-refractivity contribution in [2.24, 2.45) is 7.05 Å². The Kier molecular flexibility index (Phi) is 3.45. The number of rotatable bonds is 3. The number of hydrogen-bond acceptors (Lipinski definition) is 3. The molecule has 1 aromatic heterocycles. The predicted octanol–water partition coefficient (Wildman–Crippen LogP) is 1.95. The summed E-state index contributed by atoms with van der Waals surface area (Å²) in [5.41, 5.74) is 0.667. The molecule has 0 radical (unpaired) electrons. The van der Waals surface area contributed by atoms with Crippen molar-refractivity contribution >= 4 is 16.8 Å². The quantitative estimate of drug-likeness (QED) is 0.938. The van der Waals surface area contributed by atoms with Crippen molar-refractivity contribution in [2.75, 3.05) is 13.6 Å². The average Bonchev–Trinajstić information content (AvgIpc) is 3.03. The first-order valence-corrected chi connectivity index (χ1v) is 7.40. The highest BCUT2D eigenvalue weighted by Crippen LogP contribution is 2.30. The molecule has 2 aromatic rings. The van der Waals surface area contributed by atoms with Gasteiger partial charge in [-0.25, -0.2) is 0 Å². The van der Waals surface area contributed by atoms with E-state index in [2.05, 4.69) is 5.10 Å². The average molecular weight is 287 g/mol. The number of benzene rings is 1. The summed E-state index contributed by atoms with van der Waals surface area (Å²) in [6.07, 6.45) is 3.61. The molecule has 5 heteroatoms. The van der Waals surface area contributed by atoms with Gasteiger partial charge in [-0.05, 0) is 18.9 Å². The normalized spacial score (nSPS) is 17.3. The molecule has 3 rings (SSSR count). The van der Waals surface area contributed by atoms with E-state index in [1.165, 1.54) is 0 Å². The molecule has 5 nitrogen and oxygen atoms in total. The lowest BCUT2D eigenvalue weighted by atomic mass is 10.0. The van der Waals surface area contributed by atoms with Gasteiger partial charge >= 0.3 is 0 Å². The third kappa shape index (κ3) is 2.53. The molecule has 0 unspecified atom stereocenters. The molecule has 1 aliphatic carbocycles. The van der Waals surface area contributed by atoms with Crippen LogP contribution in [0.4, 0.5) is 0 Å². The zero-order chi connectivity index (χ0) is 15.0. The first kappa shape index (κ1) is 14.1. The molecule has 0 spiro atoms. The number of aromatic nitrogens is 2. The molecule has 1 saturated carbocycles. The van der Waals surface area contributed by atoms with Crippen LogP contribution in [0.25, 0.3) is 10.9 Å². The Morgan fingerprint density at radius 3 is 2.76 bits per heavy atom. The zero-order valence-electron chi connectivity index (χ0n) is 12.5. The van der Waals surface area contributed by atoms with Crippen LogP contribution in [-0.4, -0.2) is 44.9 Å². The monoisotopic (exact) mass is 287 g/mol. The second-order valence-electron chi connectivity index (χ2n) is 6.08. The first-order valence-electron chi connectivity index (χ1n) is 7.40. The van der Waals surface area contributed by atoms with Crippen molar-refractivity contribution in [1.29, 1.82) is 0 Å². The summed E-state index contributed by atoms with van der Waals surface area (Å²) in [6, 6.07) is 7.70. The van der Waals surface area contributed by atoms with Gasteiger partial charge in [-0.2, -0.15) is 5.10 Å². The van der Waals surface area contributed by atoms with Crippen LogP contribution in [0.15, 0.2) is 24.3 Å². The summed E-state index contributed by atoms with van der Waals surface area (Å²) in [4.78, 5) is 14.2. The third-order valence-corrected chi connectivity index (χ3v) is 4.37. The lowest BCUT2D eigenvalue weighted by molar-refractivity contribution is 0.0155. The van der Waals surface area contributed by atoms with Gasteiger partial charge in [-0.3, -0.25) is 9.48 Å². The van der Waals surface area contributed by atoms with E-state index < -0.39 is 5.60 Å². The molecule has 1 aliphatic rings. The molecule has 0 atom stereocenters. The highest BCUT2D eigenvalue weighted by Gasteiger charge is 2.34. The van der Waals surface area contributed by atoms with Crippen molar-refractivity contribution in [3.05, 3.63) is 30.0 Å².